The van der Waals surface area contributed by atoms with Crippen LogP contribution in [0.2, 0.25) is 0 Å². The van der Waals surface area contributed by atoms with Gasteiger partial charge in [-0.1, -0.05) is 55.5 Å². The molecular formula is C24H28FN3O. The van der Waals surface area contributed by atoms with Gasteiger partial charge in [0.25, 0.3) is 0 Å². The van der Waals surface area contributed by atoms with E-state index in [0.29, 0.717) is 5.56 Å². The highest BCUT2D eigenvalue weighted by atomic mass is 19.1. The number of likely N-dealkylation sites (N-methyl/N-ethyl adjacent to an activating group) is 1. The normalized spacial score (nSPS) is 16.3. The van der Waals surface area contributed by atoms with Crippen LogP contribution in [0, 0.1) is 0 Å². The predicted octanol–water partition coefficient (Wildman–Crippen LogP) is 4.44. The van der Waals surface area contributed by atoms with E-state index in [1.807, 2.05) is 12.1 Å². The van der Waals surface area contributed by atoms with Gasteiger partial charge in [0, 0.05) is 50.2 Å². The Hall–Kier alpha value is -2.50. The summed E-state index contributed by atoms with van der Waals surface area (Å²) in [6.45, 7) is 7.18. The number of aromatic nitrogens is 1. The third kappa shape index (κ3) is 4.26. The molecule has 4 nitrogen and oxygen atoms in total. The van der Waals surface area contributed by atoms with Crippen LogP contribution in [-0.4, -0.2) is 54.3 Å². The monoisotopic (exact) mass is 393 g/mol. The van der Waals surface area contributed by atoms with Gasteiger partial charge in [0.05, 0.1) is 5.69 Å². The van der Waals surface area contributed by atoms with Crippen molar-refractivity contribution in [1.29, 1.82) is 0 Å². The van der Waals surface area contributed by atoms with Crippen LogP contribution in [0.4, 0.5) is 10.2 Å². The van der Waals surface area contributed by atoms with Crippen LogP contribution in [0.1, 0.15) is 25.1 Å². The lowest BCUT2D eigenvalue weighted by Crippen LogP contribution is -2.46. The fraction of sp³-hybridized carbons (Fsp3) is 0.375. The number of hydrogen-bond donors (Lipinski definition) is 1. The van der Waals surface area contributed by atoms with Crippen LogP contribution < -0.4 is 4.90 Å². The lowest BCUT2D eigenvalue weighted by molar-refractivity contribution is 0.222. The number of anilines is 1. The topological polar surface area (TPSA) is 39.6 Å². The lowest BCUT2D eigenvalue weighted by atomic mass is 10.0. The summed E-state index contributed by atoms with van der Waals surface area (Å²) in [7, 11) is 0. The summed E-state index contributed by atoms with van der Waals surface area (Å²) in [5.41, 5.74) is 2.48. The first kappa shape index (κ1) is 19.8. The number of alkyl halides is 1. The van der Waals surface area contributed by atoms with Crippen molar-refractivity contribution < 1.29 is 9.50 Å². The van der Waals surface area contributed by atoms with E-state index in [-0.39, 0.29) is 13.0 Å². The van der Waals surface area contributed by atoms with E-state index in [0.717, 1.165) is 55.2 Å². The minimum atomic E-state index is -1.14. The maximum absolute atomic E-state index is 14.1. The molecule has 0 aliphatic carbocycles. The standard InChI is InChI=1S/C24H28FN3O/c1-2-27-12-14-28(15-13-27)24-21-6-4-3-5-20(21)17-23(26-24)19-9-7-18(8-10-19)22(25)11-16-29/h3-10,17,22,29H,2,11-16H2,1H3. The van der Waals surface area contributed by atoms with Crippen molar-refractivity contribution in [2.75, 3.05) is 44.2 Å². The summed E-state index contributed by atoms with van der Waals surface area (Å²) in [6.07, 6.45) is -1.01. The van der Waals surface area contributed by atoms with Gasteiger partial charge >= 0.3 is 0 Å². The van der Waals surface area contributed by atoms with E-state index >= 15 is 0 Å². The van der Waals surface area contributed by atoms with Crippen LogP contribution in [-0.2, 0) is 0 Å². The number of benzene rings is 2. The number of nitrogens with zero attached hydrogens (tertiary/aromatic N) is 3. The maximum atomic E-state index is 14.1. The van der Waals surface area contributed by atoms with Crippen molar-refractivity contribution in [3.05, 3.63) is 60.2 Å². The molecule has 3 aromatic rings. The third-order valence-electron chi connectivity index (χ3n) is 5.79. The molecule has 152 valence electrons. The number of piperazine rings is 1. The highest BCUT2D eigenvalue weighted by molar-refractivity contribution is 5.95. The molecule has 0 radical (unpaired) electrons. The molecule has 1 saturated heterocycles. The van der Waals surface area contributed by atoms with Gasteiger partial charge in [-0.2, -0.15) is 0 Å². The van der Waals surface area contributed by atoms with Crippen LogP contribution in [0.5, 0.6) is 0 Å². The molecule has 2 heterocycles. The van der Waals surface area contributed by atoms with Gasteiger partial charge in [0.15, 0.2) is 0 Å². The van der Waals surface area contributed by atoms with Crippen LogP contribution in [0.3, 0.4) is 0 Å². The second-order valence-corrected chi connectivity index (χ2v) is 7.58. The molecule has 0 spiro atoms. The zero-order valence-corrected chi connectivity index (χ0v) is 16.9. The van der Waals surface area contributed by atoms with Crippen molar-refractivity contribution in [3.63, 3.8) is 0 Å². The van der Waals surface area contributed by atoms with Gasteiger partial charge in [0.1, 0.15) is 12.0 Å². The van der Waals surface area contributed by atoms with E-state index in [9.17, 15) is 4.39 Å². The molecular weight excluding hydrogens is 365 g/mol. The molecule has 4 rings (SSSR count). The van der Waals surface area contributed by atoms with E-state index in [1.54, 1.807) is 12.1 Å². The Morgan fingerprint density at radius 3 is 2.45 bits per heavy atom. The van der Waals surface area contributed by atoms with Crippen molar-refractivity contribution in [2.45, 2.75) is 19.5 Å². The maximum Gasteiger partial charge on any atom is 0.137 e. The summed E-state index contributed by atoms with van der Waals surface area (Å²) >= 11 is 0. The van der Waals surface area contributed by atoms with Crippen molar-refractivity contribution in [3.8, 4) is 11.3 Å². The second kappa shape index (κ2) is 8.89. The van der Waals surface area contributed by atoms with Crippen LogP contribution >= 0.6 is 0 Å². The fourth-order valence-electron chi connectivity index (χ4n) is 3.99. The first-order valence-corrected chi connectivity index (χ1v) is 10.4. The highest BCUT2D eigenvalue weighted by Gasteiger charge is 2.20. The molecule has 0 saturated carbocycles. The number of halogens is 1. The SMILES string of the molecule is CCN1CCN(c2nc(-c3ccc(C(F)CCO)cc3)cc3ccccc23)CC1. The van der Waals surface area contributed by atoms with E-state index in [1.165, 1.54) is 5.39 Å². The number of hydrogen-bond acceptors (Lipinski definition) is 4. The van der Waals surface area contributed by atoms with E-state index in [4.69, 9.17) is 10.1 Å². The number of aliphatic hydroxyl groups excluding tert-OH is 1. The van der Waals surface area contributed by atoms with Gasteiger partial charge in [-0.25, -0.2) is 9.37 Å². The molecule has 1 unspecified atom stereocenters. The molecule has 1 N–H and O–H groups in total. The van der Waals surface area contributed by atoms with Gasteiger partial charge < -0.3 is 14.9 Å². The fourth-order valence-corrected chi connectivity index (χ4v) is 3.99. The van der Waals surface area contributed by atoms with Gasteiger partial charge in [0.2, 0.25) is 0 Å². The first-order chi connectivity index (χ1) is 14.2. The zero-order chi connectivity index (χ0) is 20.2. The highest BCUT2D eigenvalue weighted by Crippen LogP contribution is 2.31. The average molecular weight is 394 g/mol. The Labute approximate surface area is 171 Å². The van der Waals surface area contributed by atoms with Gasteiger partial charge in [-0.3, -0.25) is 0 Å². The lowest BCUT2D eigenvalue weighted by Gasteiger charge is -2.35. The number of fused-ring (bicyclic) bond motifs is 1. The first-order valence-electron chi connectivity index (χ1n) is 10.4. The zero-order valence-electron chi connectivity index (χ0n) is 16.9. The molecule has 2 aromatic carbocycles. The quantitative estimate of drug-likeness (QED) is 0.672. The number of pyridine rings is 1. The van der Waals surface area contributed by atoms with Crippen molar-refractivity contribution >= 4 is 16.6 Å². The Bertz CT molecular complexity index is 952. The molecule has 1 aliphatic heterocycles. The number of aliphatic hydroxyl groups is 1. The van der Waals surface area contributed by atoms with E-state index < -0.39 is 6.17 Å². The van der Waals surface area contributed by atoms with E-state index in [2.05, 4.69) is 47.1 Å². The number of rotatable bonds is 6. The Morgan fingerprint density at radius 1 is 1.03 bits per heavy atom. The van der Waals surface area contributed by atoms with Crippen molar-refractivity contribution in [2.24, 2.45) is 0 Å². The Morgan fingerprint density at radius 2 is 1.76 bits per heavy atom. The molecule has 29 heavy (non-hydrogen) atoms. The summed E-state index contributed by atoms with van der Waals surface area (Å²) in [5, 5.41) is 11.3. The summed E-state index contributed by atoms with van der Waals surface area (Å²) < 4.78 is 14.1. The molecule has 1 aromatic heterocycles. The summed E-state index contributed by atoms with van der Waals surface area (Å²) in [4.78, 5) is 9.87. The molecule has 1 aliphatic rings. The molecule has 1 atom stereocenters. The largest absolute Gasteiger partial charge is 0.396 e. The minimum Gasteiger partial charge on any atom is -0.396 e. The van der Waals surface area contributed by atoms with Crippen LogP contribution in [0.25, 0.3) is 22.0 Å². The molecule has 0 amide bonds. The molecule has 1 fully saturated rings. The predicted molar refractivity (Wildman–Crippen MR) is 117 cm³/mol. The Balaban J connectivity index is 1.69. The summed E-state index contributed by atoms with van der Waals surface area (Å²) in [5.74, 6) is 1.03. The minimum absolute atomic E-state index is 0.126. The smallest absolute Gasteiger partial charge is 0.137 e. The average Bonchev–Trinajstić information content (AvgIpc) is 2.78. The Kier molecular flexibility index (Phi) is 6.07. The van der Waals surface area contributed by atoms with Crippen molar-refractivity contribution in [1.82, 2.24) is 9.88 Å². The van der Waals surface area contributed by atoms with Gasteiger partial charge in [-0.15, -0.1) is 0 Å². The second-order valence-electron chi connectivity index (χ2n) is 7.58. The van der Waals surface area contributed by atoms with Gasteiger partial charge in [-0.05, 0) is 23.6 Å². The third-order valence-corrected chi connectivity index (χ3v) is 5.79. The summed E-state index contributed by atoms with van der Waals surface area (Å²) in [6, 6.07) is 17.9. The molecule has 5 heteroatoms. The molecule has 0 bridgehead atoms. The van der Waals surface area contributed by atoms with Crippen LogP contribution in [0.15, 0.2) is 54.6 Å².